The Bertz CT molecular complexity index is 753. The molecule has 1 amide bonds. The summed E-state index contributed by atoms with van der Waals surface area (Å²) in [4.78, 5) is 17.2. The zero-order chi connectivity index (χ0) is 15.4. The van der Waals surface area contributed by atoms with Crippen molar-refractivity contribution in [3.63, 3.8) is 0 Å². The van der Waals surface area contributed by atoms with Crippen LogP contribution < -0.4 is 5.32 Å². The quantitative estimate of drug-likeness (QED) is 0.757. The number of hydrogen-bond donors (Lipinski definition) is 2. The summed E-state index contributed by atoms with van der Waals surface area (Å²) in [5.74, 6) is 0.227. The maximum atomic E-state index is 12.2. The highest BCUT2D eigenvalue weighted by Gasteiger charge is 2.14. The summed E-state index contributed by atoms with van der Waals surface area (Å²) in [5.41, 5.74) is 1.09. The van der Waals surface area contributed by atoms with E-state index < -0.39 is 0 Å². The van der Waals surface area contributed by atoms with Gasteiger partial charge in [0.05, 0.1) is 18.0 Å². The lowest BCUT2D eigenvalue weighted by molar-refractivity contribution is 0.102. The fourth-order valence-electron chi connectivity index (χ4n) is 2.00. The predicted octanol–water partition coefficient (Wildman–Crippen LogP) is 2.25. The van der Waals surface area contributed by atoms with E-state index in [1.54, 1.807) is 46.5 Å². The van der Waals surface area contributed by atoms with E-state index in [0.717, 1.165) is 10.6 Å². The number of anilines is 1. The Morgan fingerprint density at radius 2 is 2.23 bits per heavy atom. The molecule has 0 aromatic carbocycles. The third-order valence-electron chi connectivity index (χ3n) is 3.00. The fourth-order valence-corrected chi connectivity index (χ4v) is 2.69. The van der Waals surface area contributed by atoms with Gasteiger partial charge in [0.15, 0.2) is 0 Å². The van der Waals surface area contributed by atoms with Crippen LogP contribution in [0.1, 0.15) is 10.5 Å². The van der Waals surface area contributed by atoms with Crippen LogP contribution in [0.15, 0.2) is 48.0 Å². The third-order valence-corrected chi connectivity index (χ3v) is 3.90. The molecule has 0 aliphatic carbocycles. The number of thiophene rings is 1. The van der Waals surface area contributed by atoms with Gasteiger partial charge in [-0.25, -0.2) is 4.68 Å². The highest BCUT2D eigenvalue weighted by Crippen LogP contribution is 2.26. The standard InChI is InChI=1S/C15H14N4O2S/c20-8-7-19-14(10-12(18-19)13-5-3-9-22-13)17-15(21)11-4-1-2-6-16-11/h1-6,9-10,20H,7-8H2,(H,17,21). The van der Waals surface area contributed by atoms with Crippen molar-refractivity contribution in [1.29, 1.82) is 0 Å². The zero-order valence-electron chi connectivity index (χ0n) is 11.6. The first-order valence-corrected chi connectivity index (χ1v) is 7.61. The predicted molar refractivity (Wildman–Crippen MR) is 84.8 cm³/mol. The summed E-state index contributed by atoms with van der Waals surface area (Å²) in [7, 11) is 0. The maximum absolute atomic E-state index is 12.2. The first-order valence-electron chi connectivity index (χ1n) is 6.73. The van der Waals surface area contributed by atoms with Crippen molar-refractivity contribution >= 4 is 23.1 Å². The summed E-state index contributed by atoms with van der Waals surface area (Å²) >= 11 is 1.57. The number of pyridine rings is 1. The second kappa shape index (κ2) is 6.50. The first-order chi connectivity index (χ1) is 10.8. The molecule has 0 aliphatic heterocycles. The van der Waals surface area contributed by atoms with Gasteiger partial charge in [0.2, 0.25) is 0 Å². The molecule has 7 heteroatoms. The lowest BCUT2D eigenvalue weighted by Crippen LogP contribution is -2.17. The maximum Gasteiger partial charge on any atom is 0.275 e. The van der Waals surface area contributed by atoms with Gasteiger partial charge in [-0.3, -0.25) is 9.78 Å². The molecule has 0 spiro atoms. The second-order valence-electron chi connectivity index (χ2n) is 4.51. The van der Waals surface area contributed by atoms with Crippen molar-refractivity contribution in [3.8, 4) is 10.6 Å². The fraction of sp³-hybridized carbons (Fsp3) is 0.133. The number of carbonyl (C=O) groups excluding carboxylic acids is 1. The van der Waals surface area contributed by atoms with Crippen molar-refractivity contribution in [2.45, 2.75) is 6.54 Å². The minimum atomic E-state index is -0.308. The number of nitrogens with zero attached hydrogens (tertiary/aromatic N) is 3. The molecule has 0 radical (unpaired) electrons. The van der Waals surface area contributed by atoms with Crippen LogP contribution in [-0.4, -0.2) is 32.4 Å². The van der Waals surface area contributed by atoms with E-state index in [9.17, 15) is 4.79 Å². The molecule has 3 heterocycles. The van der Waals surface area contributed by atoms with Crippen LogP contribution in [0.4, 0.5) is 5.82 Å². The smallest absolute Gasteiger partial charge is 0.275 e. The Labute approximate surface area is 131 Å². The van der Waals surface area contributed by atoms with Crippen LogP contribution in [-0.2, 0) is 6.54 Å². The lowest BCUT2D eigenvalue weighted by atomic mass is 10.3. The van der Waals surface area contributed by atoms with E-state index in [2.05, 4.69) is 15.4 Å². The molecule has 0 unspecified atom stereocenters. The van der Waals surface area contributed by atoms with Gasteiger partial charge in [0.25, 0.3) is 5.91 Å². The van der Waals surface area contributed by atoms with Gasteiger partial charge in [-0.05, 0) is 23.6 Å². The Kier molecular flexibility index (Phi) is 4.27. The van der Waals surface area contributed by atoms with Crippen molar-refractivity contribution < 1.29 is 9.90 Å². The molecule has 22 heavy (non-hydrogen) atoms. The zero-order valence-corrected chi connectivity index (χ0v) is 12.5. The highest BCUT2D eigenvalue weighted by molar-refractivity contribution is 7.13. The van der Waals surface area contributed by atoms with Crippen LogP contribution in [0, 0.1) is 0 Å². The van der Waals surface area contributed by atoms with Gasteiger partial charge in [-0.2, -0.15) is 5.10 Å². The third kappa shape index (κ3) is 3.05. The largest absolute Gasteiger partial charge is 0.394 e. The molecule has 0 aliphatic rings. The molecule has 112 valence electrons. The van der Waals surface area contributed by atoms with Crippen molar-refractivity contribution in [3.05, 3.63) is 53.7 Å². The van der Waals surface area contributed by atoms with Crippen LogP contribution in [0.3, 0.4) is 0 Å². The van der Waals surface area contributed by atoms with Gasteiger partial charge in [0, 0.05) is 12.3 Å². The Morgan fingerprint density at radius 1 is 1.32 bits per heavy atom. The van der Waals surface area contributed by atoms with E-state index in [1.807, 2.05) is 17.5 Å². The molecule has 0 atom stereocenters. The molecule has 0 bridgehead atoms. The Hall–Kier alpha value is -2.51. The molecule has 3 rings (SSSR count). The van der Waals surface area contributed by atoms with Crippen molar-refractivity contribution in [2.24, 2.45) is 0 Å². The first kappa shape index (κ1) is 14.4. The number of aliphatic hydroxyl groups excluding tert-OH is 1. The minimum Gasteiger partial charge on any atom is -0.394 e. The number of rotatable bonds is 5. The van der Waals surface area contributed by atoms with Crippen LogP contribution >= 0.6 is 11.3 Å². The molecule has 2 N–H and O–H groups in total. The van der Waals surface area contributed by atoms with Gasteiger partial charge >= 0.3 is 0 Å². The average Bonchev–Trinajstić information content (AvgIpc) is 3.19. The van der Waals surface area contributed by atoms with E-state index in [4.69, 9.17) is 5.11 Å². The van der Waals surface area contributed by atoms with E-state index in [1.165, 1.54) is 0 Å². The summed E-state index contributed by atoms with van der Waals surface area (Å²) < 4.78 is 1.58. The summed E-state index contributed by atoms with van der Waals surface area (Å²) in [6.45, 7) is 0.251. The number of nitrogens with one attached hydrogen (secondary N) is 1. The number of carbonyl (C=O) groups is 1. The molecular weight excluding hydrogens is 300 g/mol. The molecule has 6 nitrogen and oxygen atoms in total. The summed E-state index contributed by atoms with van der Waals surface area (Å²) in [5, 5.41) is 18.3. The molecule has 0 fully saturated rings. The minimum absolute atomic E-state index is 0.0575. The van der Waals surface area contributed by atoms with E-state index in [-0.39, 0.29) is 12.5 Å². The number of aliphatic hydroxyl groups is 1. The van der Waals surface area contributed by atoms with Crippen LogP contribution in [0.25, 0.3) is 10.6 Å². The summed E-state index contributed by atoms with van der Waals surface area (Å²) in [6, 6.07) is 10.8. The highest BCUT2D eigenvalue weighted by atomic mass is 32.1. The molecule has 0 saturated heterocycles. The second-order valence-corrected chi connectivity index (χ2v) is 5.46. The van der Waals surface area contributed by atoms with E-state index >= 15 is 0 Å². The van der Waals surface area contributed by atoms with Gasteiger partial charge in [-0.1, -0.05) is 12.1 Å². The normalized spacial score (nSPS) is 10.6. The monoisotopic (exact) mass is 314 g/mol. The number of aromatic nitrogens is 3. The molecule has 3 aromatic heterocycles. The lowest BCUT2D eigenvalue weighted by Gasteiger charge is -2.06. The van der Waals surface area contributed by atoms with Crippen LogP contribution in [0.5, 0.6) is 0 Å². The van der Waals surface area contributed by atoms with E-state index in [0.29, 0.717) is 18.1 Å². The van der Waals surface area contributed by atoms with Gasteiger partial charge in [0.1, 0.15) is 17.2 Å². The molecule has 0 saturated carbocycles. The van der Waals surface area contributed by atoms with Gasteiger partial charge < -0.3 is 10.4 Å². The SMILES string of the molecule is O=C(Nc1cc(-c2cccs2)nn1CCO)c1ccccn1. The Balaban J connectivity index is 1.87. The Morgan fingerprint density at radius 3 is 2.91 bits per heavy atom. The number of hydrogen-bond acceptors (Lipinski definition) is 5. The average molecular weight is 314 g/mol. The number of amides is 1. The molecular formula is C15H14N4O2S. The van der Waals surface area contributed by atoms with Gasteiger partial charge in [-0.15, -0.1) is 11.3 Å². The topological polar surface area (TPSA) is 80.0 Å². The summed E-state index contributed by atoms with van der Waals surface area (Å²) in [6.07, 6.45) is 1.57. The van der Waals surface area contributed by atoms with Crippen molar-refractivity contribution in [2.75, 3.05) is 11.9 Å². The van der Waals surface area contributed by atoms with Crippen LogP contribution in [0.2, 0.25) is 0 Å². The molecule has 3 aromatic rings. The van der Waals surface area contributed by atoms with Crippen molar-refractivity contribution in [1.82, 2.24) is 14.8 Å².